The van der Waals surface area contributed by atoms with Crippen LogP contribution in [0.2, 0.25) is 0 Å². The summed E-state index contributed by atoms with van der Waals surface area (Å²) in [6.45, 7) is 6.90. The van der Waals surface area contributed by atoms with Crippen LogP contribution in [0, 0.1) is 0 Å². The van der Waals surface area contributed by atoms with Crippen LogP contribution in [0.3, 0.4) is 0 Å². The zero-order valence-electron chi connectivity index (χ0n) is 15.8. The first kappa shape index (κ1) is 26.9. The summed E-state index contributed by atoms with van der Waals surface area (Å²) in [4.78, 5) is 0. The van der Waals surface area contributed by atoms with Crippen molar-refractivity contribution >= 4 is 0 Å². The van der Waals surface area contributed by atoms with E-state index in [1.54, 1.807) is 7.11 Å². The molecule has 25 heavy (non-hydrogen) atoms. The molecule has 0 fully saturated rings. The van der Waals surface area contributed by atoms with Crippen LogP contribution < -0.4 is 5.73 Å². The second kappa shape index (κ2) is 28.4. The lowest BCUT2D eigenvalue weighted by atomic mass is 10.6. The number of hydrogen-bond acceptors (Lipinski definition) is 9. The summed E-state index contributed by atoms with van der Waals surface area (Å²) in [7, 11) is 3.14. The molecule has 0 aromatic carbocycles. The lowest BCUT2D eigenvalue weighted by molar-refractivity contribution is -0.0202. The molecule has 0 saturated carbocycles. The van der Waals surface area contributed by atoms with E-state index in [0.29, 0.717) is 85.9 Å². The highest BCUT2D eigenvalue weighted by atomic mass is 16.6. The van der Waals surface area contributed by atoms with Crippen molar-refractivity contribution in [3.8, 4) is 0 Å². The first-order valence-corrected chi connectivity index (χ1v) is 8.55. The molecule has 0 saturated heterocycles. The van der Waals surface area contributed by atoms with Gasteiger partial charge in [-0.25, -0.2) is 0 Å². The van der Waals surface area contributed by atoms with Gasteiger partial charge in [-0.1, -0.05) is 0 Å². The molecule has 0 aliphatic carbocycles. The van der Waals surface area contributed by atoms with Gasteiger partial charge in [-0.2, -0.15) is 0 Å². The van der Waals surface area contributed by atoms with Crippen molar-refractivity contribution in [1.82, 2.24) is 0 Å². The third kappa shape index (κ3) is 28.7. The normalized spacial score (nSPS) is 10.6. The average molecular weight is 371 g/mol. The summed E-state index contributed by atoms with van der Waals surface area (Å²) in [5.41, 5.74) is 4.50. The van der Waals surface area contributed by atoms with Crippen LogP contribution in [-0.2, 0) is 33.2 Å². The Morgan fingerprint density at radius 2 is 0.720 bits per heavy atom. The van der Waals surface area contributed by atoms with Crippen LogP contribution in [-0.4, -0.2) is 112 Å². The number of aliphatic hydroxyl groups excluding tert-OH is 1. The van der Waals surface area contributed by atoms with Crippen molar-refractivity contribution in [2.45, 2.75) is 0 Å². The van der Waals surface area contributed by atoms with Gasteiger partial charge in [0.05, 0.1) is 92.5 Å². The monoisotopic (exact) mass is 371 g/mol. The standard InChI is InChI=1S/C15H32O8.CH5N/c1-17-4-5-19-8-9-21-12-13-23-15-14-22-11-10-20-7-6-18-3-2-16;1-2/h16H,2-15H2,1H3;2H2,1H3. The van der Waals surface area contributed by atoms with Crippen LogP contribution in [0.4, 0.5) is 0 Å². The zero-order chi connectivity index (χ0) is 18.8. The first-order chi connectivity index (χ1) is 12.4. The number of hydrogen-bond donors (Lipinski definition) is 2. The van der Waals surface area contributed by atoms with Gasteiger partial charge in [0, 0.05) is 7.11 Å². The van der Waals surface area contributed by atoms with E-state index in [9.17, 15) is 0 Å². The molecule has 0 heterocycles. The van der Waals surface area contributed by atoms with E-state index < -0.39 is 0 Å². The maximum absolute atomic E-state index is 8.49. The topological polar surface area (TPSA) is 111 Å². The Labute approximate surface area is 151 Å². The first-order valence-electron chi connectivity index (χ1n) is 8.55. The quantitative estimate of drug-likeness (QED) is 0.268. The summed E-state index contributed by atoms with van der Waals surface area (Å²) in [6, 6.07) is 0. The van der Waals surface area contributed by atoms with Crippen molar-refractivity contribution in [3.63, 3.8) is 0 Å². The van der Waals surface area contributed by atoms with Crippen molar-refractivity contribution in [2.75, 3.05) is 107 Å². The van der Waals surface area contributed by atoms with E-state index in [2.05, 4.69) is 5.73 Å². The lowest BCUT2D eigenvalue weighted by Crippen LogP contribution is -2.14. The highest BCUT2D eigenvalue weighted by Crippen LogP contribution is 1.84. The van der Waals surface area contributed by atoms with Crippen molar-refractivity contribution < 1.29 is 38.3 Å². The minimum absolute atomic E-state index is 0.0380. The molecule has 9 heteroatoms. The molecule has 154 valence electrons. The second-order valence-corrected chi connectivity index (χ2v) is 4.39. The SMILES string of the molecule is CN.COCCOCCOCCOCCOCCOCCOCCO. The fraction of sp³-hybridized carbons (Fsp3) is 1.00. The van der Waals surface area contributed by atoms with Gasteiger partial charge in [0.15, 0.2) is 0 Å². The minimum Gasteiger partial charge on any atom is -0.394 e. The molecule has 0 aromatic rings. The Morgan fingerprint density at radius 1 is 0.480 bits per heavy atom. The van der Waals surface area contributed by atoms with Crippen molar-refractivity contribution in [3.05, 3.63) is 0 Å². The number of rotatable bonds is 20. The van der Waals surface area contributed by atoms with Gasteiger partial charge in [0.1, 0.15) is 0 Å². The van der Waals surface area contributed by atoms with Gasteiger partial charge >= 0.3 is 0 Å². The minimum atomic E-state index is 0.0380. The Balaban J connectivity index is 0. The van der Waals surface area contributed by atoms with E-state index >= 15 is 0 Å². The maximum Gasteiger partial charge on any atom is 0.0701 e. The molecule has 0 unspecified atom stereocenters. The predicted octanol–water partition coefficient (Wildman–Crippen LogP) is -0.700. The summed E-state index contributed by atoms with van der Waals surface area (Å²) in [5.74, 6) is 0. The van der Waals surface area contributed by atoms with Crippen LogP contribution in [0.5, 0.6) is 0 Å². The predicted molar refractivity (Wildman–Crippen MR) is 94.0 cm³/mol. The molecule has 0 spiro atoms. The lowest BCUT2D eigenvalue weighted by Gasteiger charge is -2.08. The Kier molecular flexibility index (Phi) is 30.6. The summed E-state index contributed by atoms with van der Waals surface area (Å²) in [5, 5.41) is 8.49. The number of aliphatic hydroxyl groups is 1. The third-order valence-electron chi connectivity index (χ3n) is 2.53. The summed E-state index contributed by atoms with van der Waals surface area (Å²) in [6.07, 6.45) is 0. The van der Waals surface area contributed by atoms with Gasteiger partial charge in [-0.15, -0.1) is 0 Å². The van der Waals surface area contributed by atoms with Crippen LogP contribution in [0.15, 0.2) is 0 Å². The molecule has 0 rings (SSSR count). The summed E-state index contributed by atoms with van der Waals surface area (Å²) >= 11 is 0. The van der Waals surface area contributed by atoms with E-state index in [4.69, 9.17) is 38.3 Å². The molecule has 0 aromatic heterocycles. The highest BCUT2D eigenvalue weighted by molar-refractivity contribution is 4.36. The van der Waals surface area contributed by atoms with E-state index in [0.717, 1.165) is 0 Å². The molecule has 9 nitrogen and oxygen atoms in total. The molecule has 0 aliphatic rings. The summed E-state index contributed by atoms with van der Waals surface area (Å²) < 4.78 is 36.5. The number of nitrogens with two attached hydrogens (primary N) is 1. The van der Waals surface area contributed by atoms with Crippen molar-refractivity contribution in [1.29, 1.82) is 0 Å². The molecule has 0 atom stereocenters. The molecule has 0 radical (unpaired) electrons. The van der Waals surface area contributed by atoms with Gasteiger partial charge in [0.2, 0.25) is 0 Å². The molecule has 0 bridgehead atoms. The second-order valence-electron chi connectivity index (χ2n) is 4.39. The Morgan fingerprint density at radius 3 is 0.960 bits per heavy atom. The van der Waals surface area contributed by atoms with Gasteiger partial charge in [-0.05, 0) is 7.05 Å². The van der Waals surface area contributed by atoms with E-state index in [1.807, 2.05) is 0 Å². The van der Waals surface area contributed by atoms with Crippen LogP contribution in [0.25, 0.3) is 0 Å². The number of methoxy groups -OCH3 is 1. The largest absolute Gasteiger partial charge is 0.394 e. The highest BCUT2D eigenvalue weighted by Gasteiger charge is 1.93. The fourth-order valence-corrected chi connectivity index (χ4v) is 1.41. The Bertz CT molecular complexity index is 193. The Hall–Kier alpha value is -0.360. The van der Waals surface area contributed by atoms with Crippen molar-refractivity contribution in [2.24, 2.45) is 5.73 Å². The smallest absolute Gasteiger partial charge is 0.0701 e. The average Bonchev–Trinajstić information content (AvgIpc) is 2.65. The third-order valence-corrected chi connectivity index (χ3v) is 2.53. The van der Waals surface area contributed by atoms with E-state index in [1.165, 1.54) is 7.05 Å². The molecular formula is C16H37NO8. The molecule has 3 N–H and O–H groups in total. The maximum atomic E-state index is 8.49. The van der Waals surface area contributed by atoms with Crippen LogP contribution >= 0.6 is 0 Å². The molecule has 0 amide bonds. The van der Waals surface area contributed by atoms with Gasteiger partial charge in [0.25, 0.3) is 0 Å². The van der Waals surface area contributed by atoms with Crippen LogP contribution in [0.1, 0.15) is 0 Å². The fourth-order valence-electron chi connectivity index (χ4n) is 1.41. The van der Waals surface area contributed by atoms with Gasteiger partial charge < -0.3 is 44.0 Å². The van der Waals surface area contributed by atoms with Gasteiger partial charge in [-0.3, -0.25) is 0 Å². The molecular weight excluding hydrogens is 334 g/mol. The number of ether oxygens (including phenoxy) is 7. The molecule has 0 aliphatic heterocycles. The van der Waals surface area contributed by atoms with E-state index in [-0.39, 0.29) is 6.61 Å². The zero-order valence-corrected chi connectivity index (χ0v) is 15.8.